The van der Waals surface area contributed by atoms with Crippen LogP contribution in [0.1, 0.15) is 22.7 Å². The molecule has 4 heterocycles. The van der Waals surface area contributed by atoms with Gasteiger partial charge in [0.1, 0.15) is 11.8 Å². The highest BCUT2D eigenvalue weighted by molar-refractivity contribution is 5.86. The van der Waals surface area contributed by atoms with Crippen molar-refractivity contribution in [3.63, 3.8) is 0 Å². The number of H-pyrrole nitrogens is 1. The number of nitrogens with two attached hydrogens (primary N) is 1. The number of aromatic nitrogens is 6. The fourth-order valence-corrected chi connectivity index (χ4v) is 3.99. The topological polar surface area (TPSA) is 122 Å². The van der Waals surface area contributed by atoms with Crippen LogP contribution in [-0.4, -0.2) is 59.1 Å². The number of rotatable bonds is 5. The Labute approximate surface area is 167 Å². The van der Waals surface area contributed by atoms with Gasteiger partial charge >= 0.3 is 0 Å². The van der Waals surface area contributed by atoms with E-state index in [1.54, 1.807) is 0 Å². The van der Waals surface area contributed by atoms with Crippen LogP contribution in [0.5, 0.6) is 0 Å². The minimum absolute atomic E-state index is 0.0653. The van der Waals surface area contributed by atoms with Crippen LogP contribution in [0.25, 0.3) is 11.0 Å². The number of hydrogen-bond donors (Lipinski definition) is 3. The van der Waals surface area contributed by atoms with Crippen molar-refractivity contribution in [3.05, 3.63) is 65.9 Å². The number of anilines is 1. The fourth-order valence-electron chi connectivity index (χ4n) is 3.99. The molecule has 4 N–H and O–H groups in total. The smallest absolute Gasteiger partial charge is 0.151 e. The molecule has 4 aromatic rings. The van der Waals surface area contributed by atoms with Crippen molar-refractivity contribution in [1.82, 2.24) is 34.8 Å². The SMILES string of the molecule is Nc1ncnc2c(CN3C[C@H](c4cn(Cc5ccccc5)nn4)[C@@H](O)C3)c[nH]c12. The number of hydrogen-bond acceptors (Lipinski definition) is 7. The molecule has 0 spiro atoms. The molecule has 9 nitrogen and oxygen atoms in total. The number of nitrogens with one attached hydrogen (secondary N) is 1. The molecule has 1 saturated heterocycles. The number of nitrogens with zero attached hydrogens (tertiary/aromatic N) is 6. The average molecular weight is 390 g/mol. The normalized spacial score (nSPS) is 19.9. The van der Waals surface area contributed by atoms with Gasteiger partial charge in [0.15, 0.2) is 5.82 Å². The lowest BCUT2D eigenvalue weighted by Crippen LogP contribution is -2.21. The van der Waals surface area contributed by atoms with E-state index in [2.05, 4.69) is 42.3 Å². The standard InChI is InChI=1S/C20H22N8O/c21-20-19-18(23-12-24-20)14(6-22-19)8-27-9-15(17(29)11-27)16-10-28(26-25-16)7-13-4-2-1-3-5-13/h1-6,10,12,15,17,22,29H,7-9,11H2,(H2,21,23,24)/t15-,17+/m1/s1. The monoisotopic (exact) mass is 390 g/mol. The van der Waals surface area contributed by atoms with Gasteiger partial charge in [-0.2, -0.15) is 0 Å². The van der Waals surface area contributed by atoms with Gasteiger partial charge in [0, 0.05) is 43.5 Å². The number of aliphatic hydroxyl groups is 1. The fraction of sp³-hybridized carbons (Fsp3) is 0.300. The first-order valence-corrected chi connectivity index (χ1v) is 9.58. The molecule has 0 radical (unpaired) electrons. The van der Waals surface area contributed by atoms with Gasteiger partial charge in [-0.25, -0.2) is 14.6 Å². The third-order valence-corrected chi connectivity index (χ3v) is 5.45. The molecule has 1 aliphatic heterocycles. The maximum atomic E-state index is 10.6. The van der Waals surface area contributed by atoms with Crippen molar-refractivity contribution in [2.45, 2.75) is 25.1 Å². The lowest BCUT2D eigenvalue weighted by molar-refractivity contribution is 0.162. The van der Waals surface area contributed by atoms with Gasteiger partial charge in [0.05, 0.1) is 23.9 Å². The van der Waals surface area contributed by atoms with Gasteiger partial charge in [-0.15, -0.1) is 5.10 Å². The van der Waals surface area contributed by atoms with Crippen molar-refractivity contribution in [2.75, 3.05) is 18.8 Å². The van der Waals surface area contributed by atoms with Crippen LogP contribution in [0, 0.1) is 0 Å². The summed E-state index contributed by atoms with van der Waals surface area (Å²) in [7, 11) is 0. The van der Waals surface area contributed by atoms with Gasteiger partial charge in [0.25, 0.3) is 0 Å². The summed E-state index contributed by atoms with van der Waals surface area (Å²) in [5, 5.41) is 19.2. The Kier molecular flexibility index (Phi) is 4.45. The molecule has 0 saturated carbocycles. The first kappa shape index (κ1) is 17.8. The molecule has 0 unspecified atom stereocenters. The summed E-state index contributed by atoms with van der Waals surface area (Å²) in [6, 6.07) is 10.1. The molecule has 29 heavy (non-hydrogen) atoms. The molecule has 2 atom stereocenters. The van der Waals surface area contributed by atoms with E-state index < -0.39 is 6.10 Å². The largest absolute Gasteiger partial charge is 0.391 e. The number of nitrogen functional groups attached to an aromatic ring is 1. The van der Waals surface area contributed by atoms with Crippen molar-refractivity contribution in [1.29, 1.82) is 0 Å². The highest BCUT2D eigenvalue weighted by atomic mass is 16.3. The number of aliphatic hydroxyl groups excluding tert-OH is 1. The van der Waals surface area contributed by atoms with E-state index in [4.69, 9.17) is 5.73 Å². The highest BCUT2D eigenvalue weighted by Gasteiger charge is 2.34. The van der Waals surface area contributed by atoms with Crippen LogP contribution in [0.15, 0.2) is 49.1 Å². The van der Waals surface area contributed by atoms with Gasteiger partial charge in [-0.1, -0.05) is 35.5 Å². The Hall–Kier alpha value is -3.30. The zero-order chi connectivity index (χ0) is 19.8. The summed E-state index contributed by atoms with van der Waals surface area (Å²) in [4.78, 5) is 13.7. The number of β-amino-alcohol motifs (C(OH)–C–C–N with tert-alkyl or cyclic N) is 1. The van der Waals surface area contributed by atoms with E-state index in [0.717, 1.165) is 27.9 Å². The van der Waals surface area contributed by atoms with Crippen LogP contribution in [0.2, 0.25) is 0 Å². The Morgan fingerprint density at radius 2 is 2.00 bits per heavy atom. The van der Waals surface area contributed by atoms with E-state index in [0.29, 0.717) is 32.0 Å². The third-order valence-electron chi connectivity index (χ3n) is 5.45. The molecule has 5 rings (SSSR count). The molecule has 3 aromatic heterocycles. The molecule has 148 valence electrons. The Bertz CT molecular complexity index is 1120. The minimum atomic E-state index is -0.484. The summed E-state index contributed by atoms with van der Waals surface area (Å²) in [6.07, 6.45) is 4.83. The number of fused-ring (bicyclic) bond motifs is 1. The Morgan fingerprint density at radius 3 is 2.86 bits per heavy atom. The minimum Gasteiger partial charge on any atom is -0.391 e. The van der Waals surface area contributed by atoms with Gasteiger partial charge in [-0.05, 0) is 5.56 Å². The predicted molar refractivity (Wildman–Crippen MR) is 108 cm³/mol. The van der Waals surface area contributed by atoms with E-state index >= 15 is 0 Å². The van der Waals surface area contributed by atoms with Gasteiger partial charge < -0.3 is 15.8 Å². The second kappa shape index (κ2) is 7.26. The predicted octanol–water partition coefficient (Wildman–Crippen LogP) is 1.14. The van der Waals surface area contributed by atoms with Crippen molar-refractivity contribution < 1.29 is 5.11 Å². The van der Waals surface area contributed by atoms with Crippen LogP contribution < -0.4 is 5.73 Å². The molecule has 0 amide bonds. The molecular formula is C20H22N8O. The molecule has 1 aromatic carbocycles. The summed E-state index contributed by atoms with van der Waals surface area (Å²) < 4.78 is 1.82. The van der Waals surface area contributed by atoms with Gasteiger partial charge in [0.2, 0.25) is 0 Å². The molecule has 0 aliphatic carbocycles. The summed E-state index contributed by atoms with van der Waals surface area (Å²) in [5.74, 6) is 0.375. The molecule has 1 fully saturated rings. The molecule has 9 heteroatoms. The van der Waals surface area contributed by atoms with Crippen LogP contribution in [0.3, 0.4) is 0 Å². The highest BCUT2D eigenvalue weighted by Crippen LogP contribution is 2.29. The zero-order valence-corrected chi connectivity index (χ0v) is 15.8. The van der Waals surface area contributed by atoms with Gasteiger partial charge in [-0.3, -0.25) is 4.90 Å². The Balaban J connectivity index is 1.29. The zero-order valence-electron chi connectivity index (χ0n) is 15.8. The van der Waals surface area contributed by atoms with E-state index in [-0.39, 0.29) is 5.92 Å². The maximum absolute atomic E-state index is 10.6. The molecule has 0 bridgehead atoms. The first-order valence-electron chi connectivity index (χ1n) is 9.58. The van der Waals surface area contributed by atoms with Crippen molar-refractivity contribution in [3.8, 4) is 0 Å². The lowest BCUT2D eigenvalue weighted by Gasteiger charge is -2.14. The van der Waals surface area contributed by atoms with Crippen LogP contribution in [0.4, 0.5) is 5.82 Å². The summed E-state index contributed by atoms with van der Waals surface area (Å²) >= 11 is 0. The number of benzene rings is 1. The number of likely N-dealkylation sites (tertiary alicyclic amines) is 1. The van der Waals surface area contributed by atoms with Crippen molar-refractivity contribution >= 4 is 16.9 Å². The van der Waals surface area contributed by atoms with Crippen molar-refractivity contribution in [2.24, 2.45) is 0 Å². The lowest BCUT2D eigenvalue weighted by atomic mass is 10.0. The average Bonchev–Trinajstić information content (AvgIpc) is 3.43. The summed E-state index contributed by atoms with van der Waals surface area (Å²) in [6.45, 7) is 2.61. The molecular weight excluding hydrogens is 368 g/mol. The first-order chi connectivity index (χ1) is 14.2. The third kappa shape index (κ3) is 3.45. The molecule has 1 aliphatic rings. The Morgan fingerprint density at radius 1 is 1.14 bits per heavy atom. The summed E-state index contributed by atoms with van der Waals surface area (Å²) in [5.41, 5.74) is 10.5. The second-order valence-electron chi connectivity index (χ2n) is 7.49. The van der Waals surface area contributed by atoms with E-state index in [9.17, 15) is 5.11 Å². The maximum Gasteiger partial charge on any atom is 0.151 e. The number of aromatic amines is 1. The van der Waals surface area contributed by atoms with Crippen LogP contribution in [-0.2, 0) is 13.1 Å². The van der Waals surface area contributed by atoms with E-state index in [1.165, 1.54) is 6.33 Å². The second-order valence-corrected chi connectivity index (χ2v) is 7.49. The van der Waals surface area contributed by atoms with Crippen LogP contribution >= 0.6 is 0 Å². The van der Waals surface area contributed by atoms with E-state index in [1.807, 2.05) is 35.3 Å². The quantitative estimate of drug-likeness (QED) is 0.467.